The van der Waals surface area contributed by atoms with Crippen molar-refractivity contribution >= 4 is 5.97 Å². The molecule has 5 heteroatoms. The molecule has 1 aliphatic rings. The summed E-state index contributed by atoms with van der Waals surface area (Å²) < 4.78 is 7.17. The number of esters is 1. The Hall–Kier alpha value is -1.36. The molecule has 1 aliphatic heterocycles. The molecule has 1 unspecified atom stereocenters. The number of piperidine rings is 1. The normalized spacial score (nSPS) is 21.2. The van der Waals surface area contributed by atoms with Crippen molar-refractivity contribution in [1.82, 2.24) is 14.7 Å². The smallest absolute Gasteiger partial charge is 0.310 e. The van der Waals surface area contributed by atoms with Crippen molar-refractivity contribution in [3.05, 3.63) is 18.0 Å². The largest absolute Gasteiger partial charge is 0.466 e. The molecule has 0 bridgehead atoms. The van der Waals surface area contributed by atoms with Gasteiger partial charge in [-0.1, -0.05) is 6.92 Å². The Morgan fingerprint density at radius 2 is 2.33 bits per heavy atom. The summed E-state index contributed by atoms with van der Waals surface area (Å²) in [5.74, 6) is -0.0253. The Morgan fingerprint density at radius 1 is 1.52 bits per heavy atom. The van der Waals surface area contributed by atoms with Crippen LogP contribution in [0.25, 0.3) is 0 Å². The number of nitrogens with zero attached hydrogens (tertiary/aromatic N) is 3. The van der Waals surface area contributed by atoms with Crippen LogP contribution in [0.1, 0.15) is 51.8 Å². The highest BCUT2D eigenvalue weighted by molar-refractivity contribution is 5.72. The zero-order valence-corrected chi connectivity index (χ0v) is 13.4. The van der Waals surface area contributed by atoms with Crippen LogP contribution in [-0.2, 0) is 16.1 Å². The van der Waals surface area contributed by atoms with Crippen LogP contribution >= 0.6 is 0 Å². The molecule has 0 spiro atoms. The molecule has 2 rings (SSSR count). The topological polar surface area (TPSA) is 47.4 Å². The van der Waals surface area contributed by atoms with Gasteiger partial charge in [-0.3, -0.25) is 14.4 Å². The van der Waals surface area contributed by atoms with Gasteiger partial charge in [0, 0.05) is 25.3 Å². The molecule has 21 heavy (non-hydrogen) atoms. The fourth-order valence-corrected chi connectivity index (χ4v) is 2.78. The molecule has 1 aromatic heterocycles. The van der Waals surface area contributed by atoms with Crippen LogP contribution in [-0.4, -0.2) is 40.3 Å². The van der Waals surface area contributed by atoms with Crippen molar-refractivity contribution in [3.63, 3.8) is 0 Å². The molecule has 0 radical (unpaired) electrons. The lowest BCUT2D eigenvalue weighted by molar-refractivity contribution is -0.150. The van der Waals surface area contributed by atoms with Crippen molar-refractivity contribution in [1.29, 1.82) is 0 Å². The Bertz CT molecular complexity index is 458. The van der Waals surface area contributed by atoms with Crippen LogP contribution < -0.4 is 0 Å². The van der Waals surface area contributed by atoms with Gasteiger partial charge in [-0.15, -0.1) is 0 Å². The average molecular weight is 293 g/mol. The zero-order valence-electron chi connectivity index (χ0n) is 13.4. The summed E-state index contributed by atoms with van der Waals surface area (Å²) >= 11 is 0. The maximum Gasteiger partial charge on any atom is 0.310 e. The van der Waals surface area contributed by atoms with Crippen LogP contribution in [0.3, 0.4) is 0 Å². The molecule has 0 saturated carbocycles. The Labute approximate surface area is 127 Å². The number of ether oxygens (including phenoxy) is 1. The number of carbonyl (C=O) groups is 1. The van der Waals surface area contributed by atoms with E-state index in [4.69, 9.17) is 4.74 Å². The summed E-state index contributed by atoms with van der Waals surface area (Å²) in [5, 5.41) is 4.64. The van der Waals surface area contributed by atoms with E-state index >= 15 is 0 Å². The first-order chi connectivity index (χ1) is 10.1. The second kappa shape index (κ2) is 7.59. The van der Waals surface area contributed by atoms with E-state index in [2.05, 4.69) is 36.1 Å². The second-order valence-electron chi connectivity index (χ2n) is 5.87. The van der Waals surface area contributed by atoms with Crippen molar-refractivity contribution in [3.8, 4) is 0 Å². The van der Waals surface area contributed by atoms with Gasteiger partial charge in [0.2, 0.25) is 0 Å². The maximum absolute atomic E-state index is 11.9. The summed E-state index contributed by atoms with van der Waals surface area (Å²) in [4.78, 5) is 14.2. The molecule has 0 aromatic carbocycles. The Kier molecular flexibility index (Phi) is 5.79. The number of rotatable bonds is 6. The van der Waals surface area contributed by atoms with E-state index in [9.17, 15) is 4.79 Å². The first-order valence-corrected chi connectivity index (χ1v) is 8.07. The summed E-state index contributed by atoms with van der Waals surface area (Å²) in [7, 11) is 0. The molecule has 2 atom stereocenters. The van der Waals surface area contributed by atoms with Gasteiger partial charge in [0.05, 0.1) is 18.2 Å². The first kappa shape index (κ1) is 16.0. The van der Waals surface area contributed by atoms with Crippen molar-refractivity contribution in [2.24, 2.45) is 5.92 Å². The Balaban J connectivity index is 1.90. The predicted octanol–water partition coefficient (Wildman–Crippen LogP) is 2.63. The van der Waals surface area contributed by atoms with Gasteiger partial charge in [-0.2, -0.15) is 5.10 Å². The molecule has 1 aromatic rings. The van der Waals surface area contributed by atoms with Gasteiger partial charge in [0.25, 0.3) is 0 Å². The zero-order chi connectivity index (χ0) is 15.2. The number of hydrogen-bond donors (Lipinski definition) is 0. The lowest BCUT2D eigenvalue weighted by Gasteiger charge is -2.30. The maximum atomic E-state index is 11.9. The standard InChI is InChI=1S/C16H27N3O2/c1-4-13(3)19-10-8-15(17-19)12-18-9-6-7-14(11-18)16(20)21-5-2/h8,10,13-14H,4-7,9,11-12H2,1-3H3/t13?,14-/m1/s1. The minimum Gasteiger partial charge on any atom is -0.466 e. The molecule has 0 aliphatic carbocycles. The van der Waals surface area contributed by atoms with Gasteiger partial charge in [0.1, 0.15) is 0 Å². The molecule has 0 amide bonds. The minimum atomic E-state index is -0.0488. The molecule has 1 fully saturated rings. The van der Waals surface area contributed by atoms with Gasteiger partial charge in [0.15, 0.2) is 0 Å². The third-order valence-electron chi connectivity index (χ3n) is 4.22. The molecule has 5 nitrogen and oxygen atoms in total. The van der Waals surface area contributed by atoms with Gasteiger partial charge in [-0.25, -0.2) is 0 Å². The van der Waals surface area contributed by atoms with E-state index in [1.165, 1.54) is 0 Å². The highest BCUT2D eigenvalue weighted by Crippen LogP contribution is 2.20. The van der Waals surface area contributed by atoms with E-state index in [0.717, 1.165) is 44.6 Å². The molecular weight excluding hydrogens is 266 g/mol. The van der Waals surface area contributed by atoms with E-state index in [0.29, 0.717) is 12.6 Å². The summed E-state index contributed by atoms with van der Waals surface area (Å²) in [6.45, 7) is 9.31. The molecular formula is C16H27N3O2. The van der Waals surface area contributed by atoms with Crippen LogP contribution in [0.2, 0.25) is 0 Å². The van der Waals surface area contributed by atoms with E-state index in [-0.39, 0.29) is 11.9 Å². The fraction of sp³-hybridized carbons (Fsp3) is 0.750. The average Bonchev–Trinajstić information content (AvgIpc) is 2.95. The number of carbonyl (C=O) groups excluding carboxylic acids is 1. The van der Waals surface area contributed by atoms with Gasteiger partial charge < -0.3 is 4.74 Å². The van der Waals surface area contributed by atoms with Gasteiger partial charge in [-0.05, 0) is 45.7 Å². The van der Waals surface area contributed by atoms with Crippen LogP contribution in [0.15, 0.2) is 12.3 Å². The van der Waals surface area contributed by atoms with Crippen molar-refractivity contribution in [2.75, 3.05) is 19.7 Å². The monoisotopic (exact) mass is 293 g/mol. The summed E-state index contributed by atoms with van der Waals surface area (Å²) in [6.07, 6.45) is 5.12. The van der Waals surface area contributed by atoms with E-state index in [1.54, 1.807) is 0 Å². The Morgan fingerprint density at radius 3 is 3.05 bits per heavy atom. The van der Waals surface area contributed by atoms with E-state index in [1.807, 2.05) is 11.6 Å². The molecule has 1 saturated heterocycles. The highest BCUT2D eigenvalue weighted by Gasteiger charge is 2.27. The van der Waals surface area contributed by atoms with Crippen molar-refractivity contribution in [2.45, 2.75) is 52.6 Å². The molecule has 118 valence electrons. The van der Waals surface area contributed by atoms with Crippen LogP contribution in [0.5, 0.6) is 0 Å². The lowest BCUT2D eigenvalue weighted by Crippen LogP contribution is -2.39. The van der Waals surface area contributed by atoms with Crippen LogP contribution in [0, 0.1) is 5.92 Å². The summed E-state index contributed by atoms with van der Waals surface area (Å²) in [6, 6.07) is 2.52. The second-order valence-corrected chi connectivity index (χ2v) is 5.87. The predicted molar refractivity (Wildman–Crippen MR) is 81.9 cm³/mol. The molecule has 0 N–H and O–H groups in total. The molecule has 2 heterocycles. The van der Waals surface area contributed by atoms with Gasteiger partial charge >= 0.3 is 5.97 Å². The number of hydrogen-bond acceptors (Lipinski definition) is 4. The minimum absolute atomic E-state index is 0.0235. The summed E-state index contributed by atoms with van der Waals surface area (Å²) in [5.41, 5.74) is 1.08. The quantitative estimate of drug-likeness (QED) is 0.757. The third-order valence-corrected chi connectivity index (χ3v) is 4.22. The lowest BCUT2D eigenvalue weighted by atomic mass is 9.98. The highest BCUT2D eigenvalue weighted by atomic mass is 16.5. The first-order valence-electron chi connectivity index (χ1n) is 8.07. The number of likely N-dealkylation sites (tertiary alicyclic amines) is 1. The number of aromatic nitrogens is 2. The van der Waals surface area contributed by atoms with Crippen molar-refractivity contribution < 1.29 is 9.53 Å². The SMILES string of the molecule is CCOC(=O)[C@@H]1CCCN(Cc2ccn(C(C)CC)n2)C1. The third kappa shape index (κ3) is 4.30. The fourth-order valence-electron chi connectivity index (χ4n) is 2.78. The van der Waals surface area contributed by atoms with Crippen LogP contribution in [0.4, 0.5) is 0 Å². The van der Waals surface area contributed by atoms with E-state index < -0.39 is 0 Å².